The van der Waals surface area contributed by atoms with Gasteiger partial charge in [0, 0.05) is 5.56 Å². The Kier molecular flexibility index (Phi) is 6.10. The Morgan fingerprint density at radius 2 is 1.72 bits per heavy atom. The first-order chi connectivity index (χ1) is 15.3. The molecule has 3 N–H and O–H groups in total. The summed E-state index contributed by atoms with van der Waals surface area (Å²) in [5.41, 5.74) is 4.64. The van der Waals surface area contributed by atoms with Gasteiger partial charge in [0.1, 0.15) is 6.61 Å². The molecule has 1 unspecified atom stereocenters. The fraction of sp³-hybridized carbons (Fsp3) is 0.250. The van der Waals surface area contributed by atoms with Crippen molar-refractivity contribution in [1.29, 1.82) is 0 Å². The third-order valence-corrected chi connectivity index (χ3v) is 6.59. The van der Waals surface area contributed by atoms with E-state index >= 15 is 0 Å². The van der Waals surface area contributed by atoms with Gasteiger partial charge in [-0.3, -0.25) is 0 Å². The Bertz CT molecular complexity index is 1240. The number of fused-ring (bicyclic) bond motifs is 1. The van der Waals surface area contributed by atoms with Gasteiger partial charge in [0.25, 0.3) is 0 Å². The number of rotatable bonds is 7. The summed E-state index contributed by atoms with van der Waals surface area (Å²) in [6.07, 6.45) is 1.03. The molecule has 0 heterocycles. The second kappa shape index (κ2) is 8.82. The van der Waals surface area contributed by atoms with Crippen LogP contribution in [0.2, 0.25) is 0 Å². The third-order valence-electron chi connectivity index (χ3n) is 5.66. The summed E-state index contributed by atoms with van der Waals surface area (Å²) in [7, 11) is -0.624. The lowest BCUT2D eigenvalue weighted by Crippen LogP contribution is -2.12. The lowest BCUT2D eigenvalue weighted by Gasteiger charge is -2.19. The van der Waals surface area contributed by atoms with Crippen molar-refractivity contribution in [2.45, 2.75) is 30.4 Å². The number of hydrogen-bond acceptors (Lipinski definition) is 6. The summed E-state index contributed by atoms with van der Waals surface area (Å²) < 4.78 is 40.3. The van der Waals surface area contributed by atoms with Crippen molar-refractivity contribution < 1.29 is 27.7 Å². The second-order valence-corrected chi connectivity index (χ2v) is 9.14. The van der Waals surface area contributed by atoms with Gasteiger partial charge in [-0.25, -0.2) is 13.6 Å². The maximum absolute atomic E-state index is 11.5. The van der Waals surface area contributed by atoms with Gasteiger partial charge in [-0.2, -0.15) is 0 Å². The minimum atomic E-state index is -3.75. The molecule has 0 radical (unpaired) electrons. The number of ether oxygens (including phenoxy) is 3. The van der Waals surface area contributed by atoms with Gasteiger partial charge < -0.3 is 19.3 Å². The van der Waals surface area contributed by atoms with Gasteiger partial charge in [0.05, 0.1) is 25.2 Å². The molecule has 0 fully saturated rings. The minimum absolute atomic E-state index is 0.0403. The molecule has 168 valence electrons. The van der Waals surface area contributed by atoms with E-state index in [1.165, 1.54) is 12.1 Å². The molecule has 8 heteroatoms. The first kappa shape index (κ1) is 22.1. The van der Waals surface area contributed by atoms with E-state index in [4.69, 9.17) is 19.3 Å². The van der Waals surface area contributed by atoms with Gasteiger partial charge in [-0.15, -0.1) is 0 Å². The van der Waals surface area contributed by atoms with Crippen LogP contribution in [0.25, 0.3) is 11.1 Å². The number of methoxy groups -OCH3 is 2. The van der Waals surface area contributed by atoms with E-state index in [1.807, 2.05) is 30.3 Å². The summed E-state index contributed by atoms with van der Waals surface area (Å²) in [5, 5.41) is 15.4. The highest BCUT2D eigenvalue weighted by Gasteiger charge is 2.26. The fourth-order valence-corrected chi connectivity index (χ4v) is 4.59. The molecule has 32 heavy (non-hydrogen) atoms. The van der Waals surface area contributed by atoms with Crippen molar-refractivity contribution in [3.63, 3.8) is 0 Å². The highest BCUT2D eigenvalue weighted by Crippen LogP contribution is 2.47. The van der Waals surface area contributed by atoms with Gasteiger partial charge >= 0.3 is 0 Å². The van der Waals surface area contributed by atoms with Gasteiger partial charge in [-0.05, 0) is 59.4 Å². The van der Waals surface area contributed by atoms with Crippen LogP contribution in [0.15, 0.2) is 59.5 Å². The minimum Gasteiger partial charge on any atom is -0.493 e. The number of aliphatic hydroxyl groups excluding tert-OH is 1. The average molecular weight is 456 g/mol. The number of sulfonamides is 1. The maximum Gasteiger partial charge on any atom is 0.238 e. The molecule has 1 atom stereocenters. The Morgan fingerprint density at radius 1 is 0.969 bits per heavy atom. The lowest BCUT2D eigenvalue weighted by atomic mass is 9.95. The summed E-state index contributed by atoms with van der Waals surface area (Å²) in [5.74, 6) is 1.49. The quantitative estimate of drug-likeness (QED) is 0.564. The second-order valence-electron chi connectivity index (χ2n) is 7.58. The van der Waals surface area contributed by atoms with E-state index in [0.717, 1.165) is 34.2 Å². The van der Waals surface area contributed by atoms with E-state index in [0.29, 0.717) is 23.7 Å². The zero-order chi connectivity index (χ0) is 22.9. The molecular formula is C24H25NO6S. The number of benzene rings is 3. The molecule has 0 saturated carbocycles. The predicted molar refractivity (Wildman–Crippen MR) is 120 cm³/mol. The van der Waals surface area contributed by atoms with Crippen molar-refractivity contribution >= 4 is 10.0 Å². The molecule has 0 aliphatic heterocycles. The monoisotopic (exact) mass is 455 g/mol. The summed E-state index contributed by atoms with van der Waals surface area (Å²) in [6, 6.07) is 15.8. The van der Waals surface area contributed by atoms with Crippen LogP contribution < -0.4 is 19.3 Å². The first-order valence-corrected chi connectivity index (χ1v) is 11.7. The average Bonchev–Trinajstić information content (AvgIpc) is 3.17. The first-order valence-electron chi connectivity index (χ1n) is 10.1. The van der Waals surface area contributed by atoms with Gasteiger partial charge in [0.15, 0.2) is 11.5 Å². The van der Waals surface area contributed by atoms with Crippen LogP contribution in [0.5, 0.6) is 17.2 Å². The Hall–Kier alpha value is -3.07. The molecule has 0 amide bonds. The zero-order valence-corrected chi connectivity index (χ0v) is 18.7. The maximum atomic E-state index is 11.5. The van der Waals surface area contributed by atoms with Crippen molar-refractivity contribution in [3.05, 3.63) is 71.3 Å². The van der Waals surface area contributed by atoms with E-state index in [9.17, 15) is 13.5 Å². The fourth-order valence-electron chi connectivity index (χ4n) is 4.07. The van der Waals surface area contributed by atoms with Gasteiger partial charge in [-0.1, -0.05) is 30.3 Å². The highest BCUT2D eigenvalue weighted by atomic mass is 32.2. The number of nitrogens with two attached hydrogens (primary N) is 1. The van der Waals surface area contributed by atoms with Crippen LogP contribution in [-0.2, 0) is 23.1 Å². The molecule has 0 spiro atoms. The zero-order valence-electron chi connectivity index (χ0n) is 17.9. The van der Waals surface area contributed by atoms with Crippen molar-refractivity contribution in [3.8, 4) is 28.4 Å². The highest BCUT2D eigenvalue weighted by molar-refractivity contribution is 7.89. The number of hydrogen-bond donors (Lipinski definition) is 2. The summed E-state index contributed by atoms with van der Waals surface area (Å²) in [4.78, 5) is 0.0403. The number of primary sulfonamides is 1. The molecule has 0 aromatic heterocycles. The van der Waals surface area contributed by atoms with Crippen LogP contribution in [-0.4, -0.2) is 27.7 Å². The van der Waals surface area contributed by atoms with Crippen LogP contribution >= 0.6 is 0 Å². The van der Waals surface area contributed by atoms with Crippen LogP contribution in [0, 0.1) is 0 Å². The Balaban J connectivity index is 1.70. The van der Waals surface area contributed by atoms with Crippen LogP contribution in [0.3, 0.4) is 0 Å². The Morgan fingerprint density at radius 3 is 2.38 bits per heavy atom. The largest absolute Gasteiger partial charge is 0.493 e. The predicted octanol–water partition coefficient (Wildman–Crippen LogP) is 3.58. The van der Waals surface area contributed by atoms with Crippen LogP contribution in [0.1, 0.15) is 29.2 Å². The van der Waals surface area contributed by atoms with Crippen molar-refractivity contribution in [1.82, 2.24) is 0 Å². The molecule has 1 aliphatic rings. The summed E-state index contributed by atoms with van der Waals surface area (Å²) in [6.45, 7) is 0.173. The van der Waals surface area contributed by atoms with E-state index in [1.54, 1.807) is 26.4 Å². The Labute approximate surface area is 187 Å². The lowest BCUT2D eigenvalue weighted by molar-refractivity contribution is 0.180. The molecule has 3 aromatic rings. The number of aliphatic hydroxyl groups is 1. The van der Waals surface area contributed by atoms with E-state index in [-0.39, 0.29) is 11.5 Å². The van der Waals surface area contributed by atoms with E-state index < -0.39 is 16.1 Å². The van der Waals surface area contributed by atoms with E-state index in [2.05, 4.69) is 0 Å². The topological polar surface area (TPSA) is 108 Å². The van der Waals surface area contributed by atoms with Gasteiger partial charge in [0.2, 0.25) is 15.8 Å². The molecule has 3 aromatic carbocycles. The molecule has 1 aliphatic carbocycles. The SMILES string of the molecule is COc1ccc(-c2cccc3c2CCC3O)c(OC)c1OCc1ccc(S(N)(=O)=O)cc1. The molecular weight excluding hydrogens is 430 g/mol. The standard InChI is InChI=1S/C24H25NO6S/c1-29-22-13-11-20(17-4-3-5-19-18(17)10-12-21(19)26)23(30-2)24(22)31-14-15-6-8-16(9-7-15)32(25,27)28/h3-9,11,13,21,26H,10,12,14H2,1-2H3,(H2,25,27,28). The molecule has 0 saturated heterocycles. The van der Waals surface area contributed by atoms with Crippen LogP contribution in [0.4, 0.5) is 0 Å². The third kappa shape index (κ3) is 4.17. The molecule has 4 rings (SSSR count). The molecule has 7 nitrogen and oxygen atoms in total. The van der Waals surface area contributed by atoms with Crippen molar-refractivity contribution in [2.75, 3.05) is 14.2 Å². The summed E-state index contributed by atoms with van der Waals surface area (Å²) >= 11 is 0. The van der Waals surface area contributed by atoms with Crippen molar-refractivity contribution in [2.24, 2.45) is 5.14 Å². The normalized spacial score (nSPS) is 15.3. The smallest absolute Gasteiger partial charge is 0.238 e. The molecule has 0 bridgehead atoms.